The van der Waals surface area contributed by atoms with Gasteiger partial charge in [-0.15, -0.1) is 10.2 Å². The number of sulfonamides is 1. The van der Waals surface area contributed by atoms with Crippen LogP contribution in [0, 0.1) is 0 Å². The van der Waals surface area contributed by atoms with Crippen LogP contribution in [0.25, 0.3) is 0 Å². The SMILES string of the molecule is CCc1nnc([C@@H]2CN(S(=O)(=O)c3ccc4c(c3)C[C@@H](C)O4)CCO2)o1. The lowest BCUT2D eigenvalue weighted by Gasteiger charge is -2.30. The fourth-order valence-corrected chi connectivity index (χ4v) is 4.72. The van der Waals surface area contributed by atoms with E-state index in [2.05, 4.69) is 10.2 Å². The summed E-state index contributed by atoms with van der Waals surface area (Å²) in [5.74, 6) is 1.59. The Morgan fingerprint density at radius 3 is 2.92 bits per heavy atom. The van der Waals surface area contributed by atoms with Crippen LogP contribution in [0.2, 0.25) is 0 Å². The van der Waals surface area contributed by atoms with Crippen LogP contribution in [0.15, 0.2) is 27.5 Å². The van der Waals surface area contributed by atoms with Crippen molar-refractivity contribution in [3.05, 3.63) is 35.5 Å². The fraction of sp³-hybridized carbons (Fsp3) is 0.529. The number of aromatic nitrogens is 2. The zero-order chi connectivity index (χ0) is 18.3. The molecule has 0 spiro atoms. The smallest absolute Gasteiger partial charge is 0.246 e. The Labute approximate surface area is 152 Å². The maximum atomic E-state index is 13.1. The zero-order valence-corrected chi connectivity index (χ0v) is 15.5. The van der Waals surface area contributed by atoms with Crippen LogP contribution in [0.1, 0.15) is 37.3 Å². The van der Waals surface area contributed by atoms with E-state index in [0.29, 0.717) is 24.6 Å². The van der Waals surface area contributed by atoms with Crippen molar-refractivity contribution in [1.82, 2.24) is 14.5 Å². The third-order valence-electron chi connectivity index (χ3n) is 4.59. The molecule has 2 aliphatic heterocycles. The lowest BCUT2D eigenvalue weighted by atomic mass is 10.1. The van der Waals surface area contributed by atoms with Crippen LogP contribution in [-0.4, -0.2) is 48.7 Å². The number of nitrogens with zero attached hydrogens (tertiary/aromatic N) is 3. The predicted molar refractivity (Wildman–Crippen MR) is 91.4 cm³/mol. The van der Waals surface area contributed by atoms with E-state index in [1.807, 2.05) is 13.8 Å². The molecular weight excluding hydrogens is 358 g/mol. The summed E-state index contributed by atoms with van der Waals surface area (Å²) < 4.78 is 44.4. The Balaban J connectivity index is 1.57. The molecule has 1 aromatic heterocycles. The molecule has 1 fully saturated rings. The van der Waals surface area contributed by atoms with Crippen molar-refractivity contribution >= 4 is 10.0 Å². The lowest BCUT2D eigenvalue weighted by molar-refractivity contribution is -0.0177. The van der Waals surface area contributed by atoms with Crippen LogP contribution < -0.4 is 4.74 Å². The van der Waals surface area contributed by atoms with E-state index in [1.54, 1.807) is 18.2 Å². The van der Waals surface area contributed by atoms with Crippen molar-refractivity contribution in [3.63, 3.8) is 0 Å². The monoisotopic (exact) mass is 379 g/mol. The standard InChI is InChI=1S/C17H21N3O5S/c1-3-16-18-19-17(25-16)15-10-20(6-7-23-15)26(21,22)13-4-5-14-12(9-13)8-11(2)24-14/h4-5,9,11,15H,3,6-8,10H2,1-2H3/t11-,15+/m1/s1. The van der Waals surface area contributed by atoms with Crippen molar-refractivity contribution in [3.8, 4) is 5.75 Å². The number of morpholine rings is 1. The number of aryl methyl sites for hydroxylation is 1. The number of benzene rings is 1. The summed E-state index contributed by atoms with van der Waals surface area (Å²) in [7, 11) is -3.63. The van der Waals surface area contributed by atoms with E-state index in [4.69, 9.17) is 13.9 Å². The molecule has 0 aliphatic carbocycles. The summed E-state index contributed by atoms with van der Waals surface area (Å²) in [5, 5.41) is 7.90. The second-order valence-corrected chi connectivity index (χ2v) is 8.45. The molecule has 9 heteroatoms. The maximum Gasteiger partial charge on any atom is 0.246 e. The third-order valence-corrected chi connectivity index (χ3v) is 6.46. The average Bonchev–Trinajstić information content (AvgIpc) is 3.26. The number of hydrogen-bond acceptors (Lipinski definition) is 7. The van der Waals surface area contributed by atoms with Gasteiger partial charge in [0.1, 0.15) is 18.0 Å². The number of hydrogen-bond donors (Lipinski definition) is 0. The Morgan fingerprint density at radius 1 is 1.31 bits per heavy atom. The van der Waals surface area contributed by atoms with E-state index in [9.17, 15) is 8.42 Å². The number of ether oxygens (including phenoxy) is 2. The molecule has 0 unspecified atom stereocenters. The molecule has 26 heavy (non-hydrogen) atoms. The van der Waals surface area contributed by atoms with Gasteiger partial charge in [0.2, 0.25) is 21.8 Å². The lowest BCUT2D eigenvalue weighted by Crippen LogP contribution is -2.42. The zero-order valence-electron chi connectivity index (χ0n) is 14.7. The Hall–Kier alpha value is -1.97. The van der Waals surface area contributed by atoms with Gasteiger partial charge in [0.05, 0.1) is 11.5 Å². The van der Waals surface area contributed by atoms with Crippen molar-refractivity contribution in [2.24, 2.45) is 0 Å². The van der Waals surface area contributed by atoms with E-state index >= 15 is 0 Å². The molecule has 0 radical (unpaired) electrons. The first-order chi connectivity index (χ1) is 12.5. The van der Waals surface area contributed by atoms with Crippen LogP contribution in [0.4, 0.5) is 0 Å². The molecule has 4 rings (SSSR count). The van der Waals surface area contributed by atoms with Gasteiger partial charge in [-0.3, -0.25) is 0 Å². The summed E-state index contributed by atoms with van der Waals surface area (Å²) in [6, 6.07) is 5.04. The van der Waals surface area contributed by atoms with Gasteiger partial charge in [0, 0.05) is 25.9 Å². The molecule has 2 aliphatic rings. The highest BCUT2D eigenvalue weighted by Crippen LogP contribution is 2.32. The van der Waals surface area contributed by atoms with Gasteiger partial charge in [-0.2, -0.15) is 4.31 Å². The summed E-state index contributed by atoms with van der Waals surface area (Å²) in [5.41, 5.74) is 0.924. The minimum Gasteiger partial charge on any atom is -0.490 e. The summed E-state index contributed by atoms with van der Waals surface area (Å²) in [6.45, 7) is 4.60. The van der Waals surface area contributed by atoms with Crippen molar-refractivity contribution in [2.45, 2.75) is 43.8 Å². The highest BCUT2D eigenvalue weighted by Gasteiger charge is 2.34. The molecule has 3 heterocycles. The highest BCUT2D eigenvalue weighted by molar-refractivity contribution is 7.89. The second-order valence-electron chi connectivity index (χ2n) is 6.51. The Bertz CT molecular complexity index is 911. The van der Waals surface area contributed by atoms with Gasteiger partial charge in [-0.05, 0) is 30.7 Å². The number of rotatable bonds is 4. The van der Waals surface area contributed by atoms with Gasteiger partial charge in [-0.25, -0.2) is 8.42 Å². The van der Waals surface area contributed by atoms with Gasteiger partial charge >= 0.3 is 0 Å². The van der Waals surface area contributed by atoms with Crippen molar-refractivity contribution in [2.75, 3.05) is 19.7 Å². The van der Waals surface area contributed by atoms with Gasteiger partial charge in [0.15, 0.2) is 0 Å². The van der Waals surface area contributed by atoms with E-state index in [-0.39, 0.29) is 30.7 Å². The van der Waals surface area contributed by atoms with Crippen LogP contribution in [-0.2, 0) is 27.6 Å². The molecule has 0 N–H and O–H groups in total. The normalized spacial score (nSPS) is 23.6. The molecule has 1 aromatic carbocycles. The average molecular weight is 379 g/mol. The summed E-state index contributed by atoms with van der Waals surface area (Å²) in [6.07, 6.45) is 0.855. The van der Waals surface area contributed by atoms with Gasteiger partial charge < -0.3 is 13.9 Å². The molecule has 2 atom stereocenters. The predicted octanol–water partition coefficient (Wildman–Crippen LogP) is 1.72. The van der Waals surface area contributed by atoms with E-state index < -0.39 is 16.1 Å². The first-order valence-electron chi connectivity index (χ1n) is 8.71. The first-order valence-corrected chi connectivity index (χ1v) is 10.1. The molecule has 0 saturated carbocycles. The van der Waals surface area contributed by atoms with Gasteiger partial charge in [-0.1, -0.05) is 6.92 Å². The second kappa shape index (κ2) is 6.64. The topological polar surface area (TPSA) is 94.8 Å². The Morgan fingerprint density at radius 2 is 2.15 bits per heavy atom. The van der Waals surface area contributed by atoms with Gasteiger partial charge in [0.25, 0.3) is 0 Å². The molecule has 0 bridgehead atoms. The summed E-state index contributed by atoms with van der Waals surface area (Å²) >= 11 is 0. The molecule has 1 saturated heterocycles. The van der Waals surface area contributed by atoms with Crippen molar-refractivity contribution < 1.29 is 22.3 Å². The third kappa shape index (κ3) is 3.10. The molecular formula is C17H21N3O5S. The largest absolute Gasteiger partial charge is 0.490 e. The molecule has 0 amide bonds. The minimum absolute atomic E-state index is 0.0704. The molecule has 140 valence electrons. The van der Waals surface area contributed by atoms with Crippen LogP contribution >= 0.6 is 0 Å². The Kier molecular flexibility index (Phi) is 4.45. The van der Waals surface area contributed by atoms with E-state index in [0.717, 1.165) is 11.3 Å². The molecule has 8 nitrogen and oxygen atoms in total. The highest BCUT2D eigenvalue weighted by atomic mass is 32.2. The number of fused-ring (bicyclic) bond motifs is 1. The van der Waals surface area contributed by atoms with Crippen LogP contribution in [0.3, 0.4) is 0 Å². The fourth-order valence-electron chi connectivity index (χ4n) is 3.24. The maximum absolute atomic E-state index is 13.1. The van der Waals surface area contributed by atoms with E-state index in [1.165, 1.54) is 4.31 Å². The summed E-state index contributed by atoms with van der Waals surface area (Å²) in [4.78, 5) is 0.273. The first kappa shape index (κ1) is 17.4. The molecule has 2 aromatic rings. The quantitative estimate of drug-likeness (QED) is 0.798. The van der Waals surface area contributed by atoms with Crippen LogP contribution in [0.5, 0.6) is 5.75 Å². The minimum atomic E-state index is -3.63. The van der Waals surface area contributed by atoms with Crippen molar-refractivity contribution in [1.29, 1.82) is 0 Å².